The van der Waals surface area contributed by atoms with Crippen molar-refractivity contribution in [3.63, 3.8) is 0 Å². The van der Waals surface area contributed by atoms with Crippen molar-refractivity contribution in [1.82, 2.24) is 15.1 Å². The van der Waals surface area contributed by atoms with Crippen LogP contribution >= 0.6 is 0 Å². The molecule has 0 amide bonds. The summed E-state index contributed by atoms with van der Waals surface area (Å²) in [6, 6.07) is 0.685. The molecule has 1 aliphatic rings. The van der Waals surface area contributed by atoms with E-state index in [-0.39, 0.29) is 0 Å². The van der Waals surface area contributed by atoms with E-state index in [2.05, 4.69) is 44.3 Å². The van der Waals surface area contributed by atoms with Crippen LogP contribution in [0.25, 0.3) is 0 Å². The number of hydrogen-bond donors (Lipinski definition) is 1. The van der Waals surface area contributed by atoms with Gasteiger partial charge in [-0.3, -0.25) is 4.68 Å². The zero-order valence-electron chi connectivity index (χ0n) is 13.1. The Balaban J connectivity index is 1.96. The van der Waals surface area contributed by atoms with E-state index in [4.69, 9.17) is 0 Å². The first-order chi connectivity index (χ1) is 9.02. The Morgan fingerprint density at radius 1 is 1.42 bits per heavy atom. The number of rotatable bonds is 5. The zero-order chi connectivity index (χ0) is 14.0. The Hall–Kier alpha value is -0.830. The second kappa shape index (κ2) is 6.08. The van der Waals surface area contributed by atoms with Crippen LogP contribution in [0.3, 0.4) is 0 Å². The summed E-state index contributed by atoms with van der Waals surface area (Å²) < 4.78 is 1.94. The largest absolute Gasteiger partial charge is 0.310 e. The molecule has 1 N–H and O–H groups in total. The maximum absolute atomic E-state index is 4.58. The Kier molecular flexibility index (Phi) is 4.67. The molecule has 1 aromatic heterocycles. The summed E-state index contributed by atoms with van der Waals surface area (Å²) in [6.45, 7) is 10.1. The monoisotopic (exact) mass is 263 g/mol. The highest BCUT2D eigenvalue weighted by atomic mass is 15.3. The van der Waals surface area contributed by atoms with Gasteiger partial charge in [-0.2, -0.15) is 5.10 Å². The van der Waals surface area contributed by atoms with E-state index in [1.165, 1.54) is 30.5 Å². The molecule has 1 heterocycles. The standard InChI is InChI=1S/C16H29N3/c1-6-13-7-8-15(12(13)4)17-9-14-10-19(5)18-16(14)11(2)3/h10-13,15,17H,6-9H2,1-5H3. The summed E-state index contributed by atoms with van der Waals surface area (Å²) >= 11 is 0. The molecule has 0 radical (unpaired) electrons. The number of nitrogens with zero attached hydrogens (tertiary/aromatic N) is 2. The first-order valence-corrected chi connectivity index (χ1v) is 7.78. The molecule has 3 heteroatoms. The first-order valence-electron chi connectivity index (χ1n) is 7.78. The van der Waals surface area contributed by atoms with Crippen LogP contribution in [-0.4, -0.2) is 15.8 Å². The van der Waals surface area contributed by atoms with E-state index < -0.39 is 0 Å². The van der Waals surface area contributed by atoms with Crippen molar-refractivity contribution in [3.8, 4) is 0 Å². The number of aryl methyl sites for hydroxylation is 1. The quantitative estimate of drug-likeness (QED) is 0.881. The third-order valence-corrected chi connectivity index (χ3v) is 4.79. The highest BCUT2D eigenvalue weighted by molar-refractivity contribution is 5.20. The molecule has 3 unspecified atom stereocenters. The first kappa shape index (κ1) is 14.6. The molecule has 3 nitrogen and oxygen atoms in total. The number of nitrogens with one attached hydrogen (secondary N) is 1. The van der Waals surface area contributed by atoms with Gasteiger partial charge in [0.15, 0.2) is 0 Å². The predicted molar refractivity (Wildman–Crippen MR) is 80.1 cm³/mol. The third-order valence-electron chi connectivity index (χ3n) is 4.79. The molecule has 0 aromatic carbocycles. The van der Waals surface area contributed by atoms with Crippen molar-refractivity contribution >= 4 is 0 Å². The van der Waals surface area contributed by atoms with Crippen LogP contribution in [0.2, 0.25) is 0 Å². The lowest BCUT2D eigenvalue weighted by Gasteiger charge is -2.21. The Bertz CT molecular complexity index is 408. The van der Waals surface area contributed by atoms with Crippen LogP contribution in [0.1, 0.15) is 64.1 Å². The lowest BCUT2D eigenvalue weighted by atomic mass is 9.93. The molecule has 1 saturated carbocycles. The smallest absolute Gasteiger partial charge is 0.0694 e. The molecule has 0 saturated heterocycles. The van der Waals surface area contributed by atoms with E-state index in [9.17, 15) is 0 Å². The van der Waals surface area contributed by atoms with Crippen LogP contribution in [0.15, 0.2) is 6.20 Å². The fourth-order valence-electron chi connectivity index (χ4n) is 3.53. The highest BCUT2D eigenvalue weighted by Gasteiger charge is 2.31. The summed E-state index contributed by atoms with van der Waals surface area (Å²) in [7, 11) is 2.01. The molecule has 19 heavy (non-hydrogen) atoms. The molecular formula is C16H29N3. The molecule has 0 aliphatic heterocycles. The maximum Gasteiger partial charge on any atom is 0.0694 e. The Morgan fingerprint density at radius 2 is 2.16 bits per heavy atom. The van der Waals surface area contributed by atoms with E-state index >= 15 is 0 Å². The minimum Gasteiger partial charge on any atom is -0.310 e. The van der Waals surface area contributed by atoms with Crippen LogP contribution in [-0.2, 0) is 13.6 Å². The average Bonchev–Trinajstić information content (AvgIpc) is 2.90. The Labute approximate surface area is 117 Å². The Morgan fingerprint density at radius 3 is 2.74 bits per heavy atom. The summed E-state index contributed by atoms with van der Waals surface area (Å²) in [5, 5.41) is 8.35. The molecule has 0 spiro atoms. The molecule has 3 atom stereocenters. The molecule has 108 valence electrons. The number of hydrogen-bond acceptors (Lipinski definition) is 2. The lowest BCUT2D eigenvalue weighted by Crippen LogP contribution is -2.32. The van der Waals surface area contributed by atoms with Gasteiger partial charge in [-0.05, 0) is 30.6 Å². The second-order valence-corrected chi connectivity index (χ2v) is 6.46. The summed E-state index contributed by atoms with van der Waals surface area (Å²) in [4.78, 5) is 0. The fraction of sp³-hybridized carbons (Fsp3) is 0.812. The molecule has 2 rings (SSSR count). The van der Waals surface area contributed by atoms with Gasteiger partial charge in [0.05, 0.1) is 5.69 Å². The normalized spacial score (nSPS) is 27.4. The fourth-order valence-corrected chi connectivity index (χ4v) is 3.53. The van der Waals surface area contributed by atoms with Crippen LogP contribution in [0.5, 0.6) is 0 Å². The minimum atomic E-state index is 0.502. The van der Waals surface area contributed by atoms with Crippen molar-refractivity contribution in [3.05, 3.63) is 17.5 Å². The number of aromatic nitrogens is 2. The molecule has 1 aliphatic carbocycles. The van der Waals surface area contributed by atoms with Crippen LogP contribution < -0.4 is 5.32 Å². The molecule has 1 aromatic rings. The van der Waals surface area contributed by atoms with Gasteiger partial charge in [0, 0.05) is 31.4 Å². The van der Waals surface area contributed by atoms with Crippen molar-refractivity contribution in [2.75, 3.05) is 0 Å². The maximum atomic E-state index is 4.58. The predicted octanol–water partition coefficient (Wildman–Crippen LogP) is 3.46. The van der Waals surface area contributed by atoms with E-state index in [1.807, 2.05) is 11.7 Å². The molecule has 1 fully saturated rings. The van der Waals surface area contributed by atoms with Gasteiger partial charge >= 0.3 is 0 Å². The summed E-state index contributed by atoms with van der Waals surface area (Å²) in [5.74, 6) is 2.22. The minimum absolute atomic E-state index is 0.502. The molecule has 0 bridgehead atoms. The van der Waals surface area contributed by atoms with E-state index in [1.54, 1.807) is 0 Å². The van der Waals surface area contributed by atoms with Crippen molar-refractivity contribution < 1.29 is 0 Å². The summed E-state index contributed by atoms with van der Waals surface area (Å²) in [5.41, 5.74) is 2.61. The van der Waals surface area contributed by atoms with E-state index in [0.717, 1.165) is 18.4 Å². The van der Waals surface area contributed by atoms with Crippen molar-refractivity contribution in [2.24, 2.45) is 18.9 Å². The summed E-state index contributed by atoms with van der Waals surface area (Å²) in [6.07, 6.45) is 6.21. The van der Waals surface area contributed by atoms with Gasteiger partial charge in [-0.15, -0.1) is 0 Å². The average molecular weight is 263 g/mol. The van der Waals surface area contributed by atoms with Crippen molar-refractivity contribution in [2.45, 2.75) is 65.5 Å². The van der Waals surface area contributed by atoms with Crippen LogP contribution in [0.4, 0.5) is 0 Å². The highest BCUT2D eigenvalue weighted by Crippen LogP contribution is 2.34. The molecular weight excluding hydrogens is 234 g/mol. The topological polar surface area (TPSA) is 29.9 Å². The van der Waals surface area contributed by atoms with Gasteiger partial charge in [0.1, 0.15) is 0 Å². The second-order valence-electron chi connectivity index (χ2n) is 6.46. The zero-order valence-corrected chi connectivity index (χ0v) is 13.1. The van der Waals surface area contributed by atoms with Gasteiger partial charge in [-0.1, -0.05) is 34.1 Å². The third kappa shape index (κ3) is 3.19. The van der Waals surface area contributed by atoms with Gasteiger partial charge in [0.25, 0.3) is 0 Å². The van der Waals surface area contributed by atoms with Crippen molar-refractivity contribution in [1.29, 1.82) is 0 Å². The van der Waals surface area contributed by atoms with Gasteiger partial charge in [-0.25, -0.2) is 0 Å². The SMILES string of the molecule is CCC1CCC(NCc2cn(C)nc2C(C)C)C1C. The van der Waals surface area contributed by atoms with E-state index in [0.29, 0.717) is 12.0 Å². The van der Waals surface area contributed by atoms with Gasteiger partial charge < -0.3 is 5.32 Å². The van der Waals surface area contributed by atoms with Gasteiger partial charge in [0.2, 0.25) is 0 Å². The van der Waals surface area contributed by atoms with Crippen LogP contribution in [0, 0.1) is 11.8 Å². The lowest BCUT2D eigenvalue weighted by molar-refractivity contribution is 0.344.